The number of amides is 1. The highest BCUT2D eigenvalue weighted by atomic mass is 16.5. The van der Waals surface area contributed by atoms with E-state index in [9.17, 15) is 4.79 Å². The van der Waals surface area contributed by atoms with Crippen molar-refractivity contribution >= 4 is 11.6 Å². The highest BCUT2D eigenvalue weighted by Crippen LogP contribution is 2.19. The molecule has 0 unspecified atom stereocenters. The Kier molecular flexibility index (Phi) is 8.58. The van der Waals surface area contributed by atoms with Crippen LogP contribution in [0.4, 0.5) is 5.69 Å². The number of carbonyl (C=O) groups excluding carboxylic acids is 1. The Hall–Kier alpha value is -1.66. The van der Waals surface area contributed by atoms with E-state index in [0.29, 0.717) is 44.4 Å². The molecule has 130 valence electrons. The molecule has 1 aromatic rings. The summed E-state index contributed by atoms with van der Waals surface area (Å²) in [7, 11) is 0. The van der Waals surface area contributed by atoms with Crippen LogP contribution in [0.3, 0.4) is 0 Å². The van der Waals surface area contributed by atoms with Gasteiger partial charge in [-0.05, 0) is 32.8 Å². The van der Waals surface area contributed by atoms with E-state index in [-0.39, 0.29) is 5.91 Å². The second kappa shape index (κ2) is 10.2. The number of carbonyl (C=O) groups is 1. The summed E-state index contributed by atoms with van der Waals surface area (Å²) < 4.78 is 16.3. The van der Waals surface area contributed by atoms with Crippen molar-refractivity contribution in [3.8, 4) is 5.88 Å². The van der Waals surface area contributed by atoms with E-state index in [1.54, 1.807) is 25.3 Å². The number of anilines is 1. The fraction of sp³-hybridized carbons (Fsp3) is 0.647. The number of pyridine rings is 1. The molecule has 1 heterocycles. The van der Waals surface area contributed by atoms with E-state index in [2.05, 4.69) is 10.3 Å². The van der Waals surface area contributed by atoms with Crippen molar-refractivity contribution in [1.29, 1.82) is 0 Å². The monoisotopic (exact) mass is 324 g/mol. The summed E-state index contributed by atoms with van der Waals surface area (Å²) in [6.45, 7) is 9.89. The molecule has 0 aromatic carbocycles. The van der Waals surface area contributed by atoms with Crippen LogP contribution in [-0.2, 0) is 14.3 Å². The Morgan fingerprint density at radius 3 is 2.57 bits per heavy atom. The van der Waals surface area contributed by atoms with Gasteiger partial charge in [0.2, 0.25) is 5.88 Å². The first kappa shape index (κ1) is 19.4. The Bertz CT molecular complexity index is 464. The molecule has 0 aliphatic carbocycles. The van der Waals surface area contributed by atoms with Gasteiger partial charge in [0.25, 0.3) is 5.91 Å². The summed E-state index contributed by atoms with van der Waals surface area (Å²) in [6, 6.07) is 3.48. The van der Waals surface area contributed by atoms with Gasteiger partial charge in [0, 0.05) is 19.3 Å². The molecule has 6 heteroatoms. The zero-order chi connectivity index (χ0) is 17.1. The minimum atomic E-state index is -0.831. The van der Waals surface area contributed by atoms with Crippen molar-refractivity contribution in [2.75, 3.05) is 31.7 Å². The molecule has 0 aliphatic heterocycles. The molecule has 1 N–H and O–H groups in total. The van der Waals surface area contributed by atoms with Crippen molar-refractivity contribution in [1.82, 2.24) is 4.98 Å². The molecule has 1 rings (SSSR count). The van der Waals surface area contributed by atoms with E-state index < -0.39 is 5.60 Å². The lowest BCUT2D eigenvalue weighted by Crippen LogP contribution is -2.42. The number of nitrogens with zero attached hydrogens (tertiary/aromatic N) is 1. The predicted octanol–water partition coefficient (Wildman–Crippen LogP) is 3.03. The van der Waals surface area contributed by atoms with Gasteiger partial charge in [-0.3, -0.25) is 4.79 Å². The molecule has 0 radical (unpaired) electrons. The summed E-state index contributed by atoms with van der Waals surface area (Å²) in [5.74, 6) is 0.337. The second-order valence-corrected chi connectivity index (χ2v) is 5.32. The van der Waals surface area contributed by atoms with E-state index in [4.69, 9.17) is 14.2 Å². The van der Waals surface area contributed by atoms with Crippen molar-refractivity contribution in [3.05, 3.63) is 18.3 Å². The summed E-state index contributed by atoms with van der Waals surface area (Å²) in [6.07, 6.45) is 3.05. The van der Waals surface area contributed by atoms with Crippen LogP contribution in [0.1, 0.15) is 40.5 Å². The lowest BCUT2D eigenvalue weighted by Gasteiger charge is -2.27. The van der Waals surface area contributed by atoms with Gasteiger partial charge in [0.05, 0.1) is 18.5 Å². The average molecular weight is 324 g/mol. The topological polar surface area (TPSA) is 69.7 Å². The van der Waals surface area contributed by atoms with Crippen LogP contribution in [0.2, 0.25) is 0 Å². The summed E-state index contributed by atoms with van der Waals surface area (Å²) in [5, 5.41) is 2.84. The van der Waals surface area contributed by atoms with Gasteiger partial charge in [0.15, 0.2) is 0 Å². The molecule has 1 aromatic heterocycles. The molecule has 23 heavy (non-hydrogen) atoms. The number of nitrogens with one attached hydrogen (secondary N) is 1. The van der Waals surface area contributed by atoms with Crippen LogP contribution >= 0.6 is 0 Å². The number of hydrogen-bond donors (Lipinski definition) is 1. The highest BCUT2D eigenvalue weighted by Gasteiger charge is 2.32. The van der Waals surface area contributed by atoms with Gasteiger partial charge in [-0.15, -0.1) is 0 Å². The van der Waals surface area contributed by atoms with Crippen LogP contribution in [0.25, 0.3) is 0 Å². The van der Waals surface area contributed by atoms with Gasteiger partial charge >= 0.3 is 0 Å². The number of hydrogen-bond acceptors (Lipinski definition) is 5. The van der Waals surface area contributed by atoms with Crippen molar-refractivity contribution in [3.63, 3.8) is 0 Å². The maximum atomic E-state index is 12.4. The Morgan fingerprint density at radius 1 is 1.22 bits per heavy atom. The van der Waals surface area contributed by atoms with Crippen LogP contribution in [0.5, 0.6) is 5.88 Å². The molecule has 6 nitrogen and oxygen atoms in total. The van der Waals surface area contributed by atoms with E-state index in [1.165, 1.54) is 0 Å². The number of ether oxygens (including phenoxy) is 3. The minimum Gasteiger partial charge on any atom is -0.475 e. The third-order valence-electron chi connectivity index (χ3n) is 3.46. The number of rotatable bonds is 11. The van der Waals surface area contributed by atoms with E-state index in [1.807, 2.05) is 20.8 Å². The Balaban J connectivity index is 2.54. The summed E-state index contributed by atoms with van der Waals surface area (Å²) in [5.41, 5.74) is -0.213. The normalized spacial score (nSPS) is 13.4. The molecule has 0 fully saturated rings. The molecular formula is C17H28N2O4. The van der Waals surface area contributed by atoms with Crippen molar-refractivity contribution < 1.29 is 19.0 Å². The lowest BCUT2D eigenvalue weighted by atomic mass is 10.0. The van der Waals surface area contributed by atoms with Crippen LogP contribution in [0, 0.1) is 0 Å². The Morgan fingerprint density at radius 2 is 2.00 bits per heavy atom. The zero-order valence-corrected chi connectivity index (χ0v) is 14.6. The third kappa shape index (κ3) is 6.54. The number of aromatic nitrogens is 1. The quantitative estimate of drug-likeness (QED) is 0.634. The molecule has 0 spiro atoms. The van der Waals surface area contributed by atoms with Crippen molar-refractivity contribution in [2.24, 2.45) is 0 Å². The standard InChI is InChI=1S/C17H28N2O4/c1-5-10-23-17(4,6-2)16(20)19-14-8-9-15(18-13-14)22-12-11-21-7-3/h8-9,13H,5-7,10-12H2,1-4H3,(H,19,20)/t17-/m0/s1. The van der Waals surface area contributed by atoms with Gasteiger partial charge in [-0.2, -0.15) is 0 Å². The molecule has 0 saturated carbocycles. The van der Waals surface area contributed by atoms with Gasteiger partial charge in [-0.25, -0.2) is 4.98 Å². The predicted molar refractivity (Wildman–Crippen MR) is 89.8 cm³/mol. The first-order valence-corrected chi connectivity index (χ1v) is 8.17. The van der Waals surface area contributed by atoms with E-state index in [0.717, 1.165) is 6.42 Å². The molecule has 1 amide bonds. The zero-order valence-electron chi connectivity index (χ0n) is 14.6. The van der Waals surface area contributed by atoms with E-state index >= 15 is 0 Å². The fourth-order valence-electron chi connectivity index (χ4n) is 1.81. The first-order chi connectivity index (χ1) is 11.1. The summed E-state index contributed by atoms with van der Waals surface area (Å²) in [4.78, 5) is 16.6. The van der Waals surface area contributed by atoms with Crippen LogP contribution in [-0.4, -0.2) is 42.9 Å². The van der Waals surface area contributed by atoms with Crippen LogP contribution < -0.4 is 10.1 Å². The maximum absolute atomic E-state index is 12.4. The fourth-order valence-corrected chi connectivity index (χ4v) is 1.81. The minimum absolute atomic E-state index is 0.166. The molecule has 0 aliphatic rings. The van der Waals surface area contributed by atoms with Crippen LogP contribution in [0.15, 0.2) is 18.3 Å². The summed E-state index contributed by atoms with van der Waals surface area (Å²) >= 11 is 0. The van der Waals surface area contributed by atoms with Gasteiger partial charge in [0.1, 0.15) is 12.2 Å². The van der Waals surface area contributed by atoms with Gasteiger partial charge < -0.3 is 19.5 Å². The Labute approximate surface area is 138 Å². The maximum Gasteiger partial charge on any atom is 0.256 e. The SMILES string of the molecule is CCCO[C@@](C)(CC)C(=O)Nc1ccc(OCCOCC)nc1. The molecular weight excluding hydrogens is 296 g/mol. The lowest BCUT2D eigenvalue weighted by molar-refractivity contribution is -0.139. The molecule has 0 saturated heterocycles. The van der Waals surface area contributed by atoms with Crippen molar-refractivity contribution in [2.45, 2.75) is 46.1 Å². The first-order valence-electron chi connectivity index (χ1n) is 8.17. The smallest absolute Gasteiger partial charge is 0.256 e. The molecule has 0 bridgehead atoms. The third-order valence-corrected chi connectivity index (χ3v) is 3.46. The highest BCUT2D eigenvalue weighted by molar-refractivity contribution is 5.96. The second-order valence-electron chi connectivity index (χ2n) is 5.32. The average Bonchev–Trinajstić information content (AvgIpc) is 2.58. The molecule has 1 atom stereocenters. The largest absolute Gasteiger partial charge is 0.475 e. The van der Waals surface area contributed by atoms with Gasteiger partial charge in [-0.1, -0.05) is 13.8 Å².